The highest BCUT2D eigenvalue weighted by molar-refractivity contribution is 7.92. The Labute approximate surface area is 191 Å². The number of nitrogens with zero attached hydrogens (tertiary/aromatic N) is 2. The van der Waals surface area contributed by atoms with E-state index in [1.54, 1.807) is 0 Å². The molecule has 1 atom stereocenters. The Morgan fingerprint density at radius 1 is 1.03 bits per heavy atom. The number of ether oxygens (including phenoxy) is 1. The SMILES string of the molecule is C[C@H](C(=O)Nc1ccc(S(=O)(=O)N2CCOCC2)cc1)N(c1ccc(F)c(F)c1)S(C)(=O)=O. The van der Waals surface area contributed by atoms with E-state index >= 15 is 0 Å². The first-order valence-corrected chi connectivity index (χ1v) is 13.1. The fourth-order valence-corrected chi connectivity index (χ4v) is 5.90. The molecule has 1 aliphatic rings. The number of hydrogen-bond acceptors (Lipinski definition) is 6. The summed E-state index contributed by atoms with van der Waals surface area (Å²) in [5.74, 6) is -3.17. The molecular formula is C20H23F2N3O6S2. The van der Waals surface area contributed by atoms with Gasteiger partial charge >= 0.3 is 0 Å². The van der Waals surface area contributed by atoms with Gasteiger partial charge in [0.25, 0.3) is 0 Å². The van der Waals surface area contributed by atoms with Crippen LogP contribution < -0.4 is 9.62 Å². The Kier molecular flexibility index (Phi) is 7.36. The van der Waals surface area contributed by atoms with Gasteiger partial charge in [0.1, 0.15) is 6.04 Å². The highest BCUT2D eigenvalue weighted by atomic mass is 32.2. The van der Waals surface area contributed by atoms with Gasteiger partial charge in [-0.05, 0) is 43.3 Å². The molecule has 33 heavy (non-hydrogen) atoms. The maximum atomic E-state index is 13.7. The molecule has 1 aliphatic heterocycles. The molecule has 1 saturated heterocycles. The van der Waals surface area contributed by atoms with Crippen molar-refractivity contribution in [3.05, 3.63) is 54.1 Å². The van der Waals surface area contributed by atoms with Crippen molar-refractivity contribution in [2.24, 2.45) is 0 Å². The molecule has 1 amide bonds. The summed E-state index contributed by atoms with van der Waals surface area (Å²) in [6, 6.07) is 6.59. The number of amides is 1. The number of nitrogens with one attached hydrogen (secondary N) is 1. The van der Waals surface area contributed by atoms with Crippen LogP contribution >= 0.6 is 0 Å². The van der Waals surface area contributed by atoms with Crippen molar-refractivity contribution in [2.45, 2.75) is 17.9 Å². The zero-order valence-corrected chi connectivity index (χ0v) is 19.5. The summed E-state index contributed by atoms with van der Waals surface area (Å²) >= 11 is 0. The third kappa shape index (κ3) is 5.66. The number of benzene rings is 2. The number of carbonyl (C=O) groups excluding carboxylic acids is 1. The van der Waals surface area contributed by atoms with Crippen LogP contribution in [-0.2, 0) is 29.6 Å². The Morgan fingerprint density at radius 2 is 1.64 bits per heavy atom. The van der Waals surface area contributed by atoms with Gasteiger partial charge in [-0.3, -0.25) is 9.10 Å². The Balaban J connectivity index is 1.78. The molecule has 1 N–H and O–H groups in total. The molecule has 0 aromatic heterocycles. The van der Waals surface area contributed by atoms with E-state index in [0.29, 0.717) is 23.6 Å². The number of anilines is 2. The molecule has 0 spiro atoms. The zero-order chi connectivity index (χ0) is 24.4. The highest BCUT2D eigenvalue weighted by Crippen LogP contribution is 2.24. The summed E-state index contributed by atoms with van der Waals surface area (Å²) in [6.07, 6.45) is 0.837. The van der Waals surface area contributed by atoms with E-state index in [2.05, 4.69) is 5.32 Å². The Bertz CT molecular complexity index is 1230. The first-order valence-electron chi connectivity index (χ1n) is 9.84. The molecule has 0 saturated carbocycles. The van der Waals surface area contributed by atoms with Crippen LogP contribution in [0.2, 0.25) is 0 Å². The predicted molar refractivity (Wildman–Crippen MR) is 118 cm³/mol. The number of hydrogen-bond donors (Lipinski definition) is 1. The third-order valence-electron chi connectivity index (χ3n) is 4.98. The fourth-order valence-electron chi connectivity index (χ4n) is 3.32. The largest absolute Gasteiger partial charge is 0.379 e. The van der Waals surface area contributed by atoms with Crippen molar-refractivity contribution in [3.63, 3.8) is 0 Å². The van der Waals surface area contributed by atoms with Crippen LogP contribution in [-0.4, -0.2) is 65.6 Å². The molecule has 2 aromatic carbocycles. The van der Waals surface area contributed by atoms with Gasteiger partial charge in [0.15, 0.2) is 11.6 Å². The summed E-state index contributed by atoms with van der Waals surface area (Å²) in [6.45, 7) is 2.38. The van der Waals surface area contributed by atoms with Crippen molar-refractivity contribution >= 4 is 37.3 Å². The van der Waals surface area contributed by atoms with Crippen molar-refractivity contribution in [1.29, 1.82) is 0 Å². The molecule has 1 fully saturated rings. The van der Waals surface area contributed by atoms with Crippen LogP contribution in [0.4, 0.5) is 20.2 Å². The minimum atomic E-state index is -4.03. The maximum Gasteiger partial charge on any atom is 0.247 e. The number of halogens is 2. The van der Waals surface area contributed by atoms with Crippen molar-refractivity contribution in [1.82, 2.24) is 4.31 Å². The summed E-state index contributed by atoms with van der Waals surface area (Å²) in [4.78, 5) is 12.8. The van der Waals surface area contributed by atoms with Gasteiger partial charge in [-0.25, -0.2) is 25.6 Å². The first kappa shape index (κ1) is 25.0. The summed E-state index contributed by atoms with van der Waals surface area (Å²) in [5, 5.41) is 2.51. The lowest BCUT2D eigenvalue weighted by Gasteiger charge is -2.28. The number of carbonyl (C=O) groups is 1. The van der Waals surface area contributed by atoms with Gasteiger partial charge in [0, 0.05) is 24.8 Å². The standard InChI is InChI=1S/C20H23F2N3O6S2/c1-14(25(32(2,27)28)16-5-8-18(21)19(22)13-16)20(26)23-15-3-6-17(7-4-15)33(29,30)24-9-11-31-12-10-24/h3-8,13-14H,9-12H2,1-2H3,(H,23,26)/t14-/m1/s1. The quantitative estimate of drug-likeness (QED) is 0.616. The Hall–Kier alpha value is -2.61. The Morgan fingerprint density at radius 3 is 2.18 bits per heavy atom. The molecule has 0 aliphatic carbocycles. The molecule has 9 nitrogen and oxygen atoms in total. The minimum Gasteiger partial charge on any atom is -0.379 e. The highest BCUT2D eigenvalue weighted by Gasteiger charge is 2.30. The minimum absolute atomic E-state index is 0.0370. The van der Waals surface area contributed by atoms with Crippen molar-refractivity contribution in [2.75, 3.05) is 42.2 Å². The number of rotatable bonds is 7. The van der Waals surface area contributed by atoms with Crippen molar-refractivity contribution in [3.8, 4) is 0 Å². The number of morpholine rings is 1. The van der Waals surface area contributed by atoms with Crippen LogP contribution in [0, 0.1) is 11.6 Å². The molecule has 13 heteroatoms. The molecule has 0 radical (unpaired) electrons. The average Bonchev–Trinajstić information content (AvgIpc) is 2.76. The van der Waals surface area contributed by atoms with Gasteiger partial charge in [0.05, 0.1) is 30.1 Å². The lowest BCUT2D eigenvalue weighted by molar-refractivity contribution is -0.116. The van der Waals surface area contributed by atoms with Gasteiger partial charge < -0.3 is 10.1 Å². The van der Waals surface area contributed by atoms with Gasteiger partial charge in [-0.2, -0.15) is 4.31 Å². The van der Waals surface area contributed by atoms with E-state index in [-0.39, 0.29) is 29.4 Å². The summed E-state index contributed by atoms with van der Waals surface area (Å²) in [5.41, 5.74) is 0.0116. The van der Waals surface area contributed by atoms with E-state index in [0.717, 1.165) is 18.4 Å². The van der Waals surface area contributed by atoms with Crippen LogP contribution in [0.15, 0.2) is 47.4 Å². The van der Waals surface area contributed by atoms with Crippen LogP contribution in [0.3, 0.4) is 0 Å². The van der Waals surface area contributed by atoms with Crippen LogP contribution in [0.5, 0.6) is 0 Å². The lowest BCUT2D eigenvalue weighted by Crippen LogP contribution is -2.45. The zero-order valence-electron chi connectivity index (χ0n) is 17.9. The van der Waals surface area contributed by atoms with E-state index in [4.69, 9.17) is 4.74 Å². The lowest BCUT2D eigenvalue weighted by atomic mass is 10.2. The molecule has 1 heterocycles. The van der Waals surface area contributed by atoms with E-state index in [1.807, 2.05) is 0 Å². The smallest absolute Gasteiger partial charge is 0.247 e. The predicted octanol–water partition coefficient (Wildman–Crippen LogP) is 1.78. The molecule has 3 rings (SSSR count). The van der Waals surface area contributed by atoms with Gasteiger partial charge in [-0.15, -0.1) is 0 Å². The number of sulfonamides is 2. The van der Waals surface area contributed by atoms with Crippen molar-refractivity contribution < 1.29 is 35.1 Å². The molecule has 180 valence electrons. The average molecular weight is 504 g/mol. The van der Waals surface area contributed by atoms with E-state index in [9.17, 15) is 30.4 Å². The first-order chi connectivity index (χ1) is 15.4. The summed E-state index contributed by atoms with van der Waals surface area (Å²) < 4.78 is 84.0. The fraction of sp³-hybridized carbons (Fsp3) is 0.350. The normalized spacial score (nSPS) is 16.2. The molecular weight excluding hydrogens is 480 g/mol. The van der Waals surface area contributed by atoms with Crippen LogP contribution in [0.1, 0.15) is 6.92 Å². The van der Waals surface area contributed by atoms with Crippen LogP contribution in [0.25, 0.3) is 0 Å². The van der Waals surface area contributed by atoms with E-state index in [1.165, 1.54) is 35.5 Å². The summed E-state index contributed by atoms with van der Waals surface area (Å²) in [7, 11) is -7.75. The molecule has 0 bridgehead atoms. The topological polar surface area (TPSA) is 113 Å². The molecule has 2 aromatic rings. The second-order valence-corrected chi connectivity index (χ2v) is 11.2. The van der Waals surface area contributed by atoms with E-state index < -0.39 is 43.6 Å². The monoisotopic (exact) mass is 503 g/mol. The van der Waals surface area contributed by atoms with Gasteiger partial charge in [-0.1, -0.05) is 0 Å². The molecule has 0 unspecified atom stereocenters. The maximum absolute atomic E-state index is 13.7. The van der Waals surface area contributed by atoms with Gasteiger partial charge in [0.2, 0.25) is 26.0 Å². The second kappa shape index (κ2) is 9.71. The third-order valence-corrected chi connectivity index (χ3v) is 8.13. The second-order valence-electron chi connectivity index (χ2n) is 7.36.